The fraction of sp³-hybridized carbons (Fsp3) is 0.400. The molecule has 0 aliphatic heterocycles. The molecule has 4 nitrogen and oxygen atoms in total. The van der Waals surface area contributed by atoms with Crippen LogP contribution in [-0.4, -0.2) is 43.3 Å². The van der Waals surface area contributed by atoms with E-state index in [-0.39, 0.29) is 18.0 Å². The number of benzene rings is 2. The lowest BCUT2D eigenvalue weighted by molar-refractivity contribution is 0.0643. The van der Waals surface area contributed by atoms with E-state index in [1.807, 2.05) is 75.9 Å². The SMILES string of the molecule is CC(C)N(C(=O)c1c(C=O)ccc2cccc(N(C)C)c12)C(C)C. The van der Waals surface area contributed by atoms with Crippen LogP contribution in [0.4, 0.5) is 5.69 Å². The zero-order chi connectivity index (χ0) is 18.0. The average molecular weight is 326 g/mol. The Hall–Kier alpha value is -2.36. The quantitative estimate of drug-likeness (QED) is 0.780. The van der Waals surface area contributed by atoms with Crippen LogP contribution in [0.3, 0.4) is 0 Å². The number of carbonyl (C=O) groups is 2. The highest BCUT2D eigenvalue weighted by molar-refractivity contribution is 6.16. The summed E-state index contributed by atoms with van der Waals surface area (Å²) >= 11 is 0. The Kier molecular flexibility index (Phi) is 5.27. The highest BCUT2D eigenvalue weighted by Gasteiger charge is 2.26. The summed E-state index contributed by atoms with van der Waals surface area (Å²) in [4.78, 5) is 28.8. The first-order valence-electron chi connectivity index (χ1n) is 8.30. The lowest BCUT2D eigenvalue weighted by Gasteiger charge is -2.32. The first kappa shape index (κ1) is 18.0. The van der Waals surface area contributed by atoms with Crippen LogP contribution in [0.5, 0.6) is 0 Å². The van der Waals surface area contributed by atoms with Crippen LogP contribution in [0.15, 0.2) is 30.3 Å². The number of nitrogens with zero attached hydrogens (tertiary/aromatic N) is 2. The molecule has 0 heterocycles. The Labute approximate surface area is 144 Å². The summed E-state index contributed by atoms with van der Waals surface area (Å²) in [6.45, 7) is 7.99. The third kappa shape index (κ3) is 3.14. The number of amides is 1. The third-order valence-electron chi connectivity index (χ3n) is 4.23. The van der Waals surface area contributed by atoms with Gasteiger partial charge in [-0.2, -0.15) is 0 Å². The molecule has 0 aliphatic carbocycles. The van der Waals surface area contributed by atoms with E-state index in [0.29, 0.717) is 11.1 Å². The molecule has 4 heteroatoms. The van der Waals surface area contributed by atoms with Gasteiger partial charge in [-0.1, -0.05) is 24.3 Å². The molecule has 0 spiro atoms. The molecular formula is C20H26N2O2. The van der Waals surface area contributed by atoms with Crippen LogP contribution in [-0.2, 0) is 0 Å². The predicted molar refractivity (Wildman–Crippen MR) is 100 cm³/mol. The zero-order valence-electron chi connectivity index (χ0n) is 15.3. The topological polar surface area (TPSA) is 40.6 Å². The maximum absolute atomic E-state index is 13.3. The molecule has 0 saturated carbocycles. The Bertz CT molecular complexity index is 756. The average Bonchev–Trinajstić information content (AvgIpc) is 2.51. The van der Waals surface area contributed by atoms with E-state index in [9.17, 15) is 9.59 Å². The van der Waals surface area contributed by atoms with E-state index in [0.717, 1.165) is 22.7 Å². The van der Waals surface area contributed by atoms with Crippen LogP contribution in [0.1, 0.15) is 48.4 Å². The summed E-state index contributed by atoms with van der Waals surface area (Å²) in [6, 6.07) is 9.66. The first-order chi connectivity index (χ1) is 11.3. The van der Waals surface area contributed by atoms with Gasteiger partial charge in [0.25, 0.3) is 5.91 Å². The molecule has 0 saturated heterocycles. The first-order valence-corrected chi connectivity index (χ1v) is 8.30. The summed E-state index contributed by atoms with van der Waals surface area (Å²) in [7, 11) is 3.89. The number of hydrogen-bond acceptors (Lipinski definition) is 3. The Morgan fingerprint density at radius 3 is 2.12 bits per heavy atom. The van der Waals surface area contributed by atoms with E-state index in [4.69, 9.17) is 0 Å². The van der Waals surface area contributed by atoms with Gasteiger partial charge in [0.1, 0.15) is 0 Å². The summed E-state index contributed by atoms with van der Waals surface area (Å²) < 4.78 is 0. The van der Waals surface area contributed by atoms with Crippen molar-refractivity contribution in [3.63, 3.8) is 0 Å². The van der Waals surface area contributed by atoms with Crippen LogP contribution in [0.2, 0.25) is 0 Å². The molecule has 0 atom stereocenters. The molecule has 0 radical (unpaired) electrons. The van der Waals surface area contributed by atoms with Crippen molar-refractivity contribution in [1.29, 1.82) is 0 Å². The summed E-state index contributed by atoms with van der Waals surface area (Å²) in [5.41, 5.74) is 1.87. The van der Waals surface area contributed by atoms with Crippen LogP contribution >= 0.6 is 0 Å². The number of aldehydes is 1. The fourth-order valence-corrected chi connectivity index (χ4v) is 3.27. The van der Waals surface area contributed by atoms with Crippen LogP contribution < -0.4 is 4.90 Å². The third-order valence-corrected chi connectivity index (χ3v) is 4.23. The molecule has 128 valence electrons. The van der Waals surface area contributed by atoms with Gasteiger partial charge in [-0.15, -0.1) is 0 Å². The Balaban J connectivity index is 2.84. The number of hydrogen-bond donors (Lipinski definition) is 0. The highest BCUT2D eigenvalue weighted by atomic mass is 16.2. The standard InChI is InChI=1S/C20H26N2O2/c1-13(2)22(14(3)4)20(24)19-16(12-23)11-10-15-8-7-9-17(18(15)19)21(5)6/h7-14H,1-6H3. The number of anilines is 1. The smallest absolute Gasteiger partial charge is 0.255 e. The van der Waals surface area contributed by atoms with Crippen molar-refractivity contribution in [2.45, 2.75) is 39.8 Å². The second kappa shape index (κ2) is 7.04. The molecule has 2 aromatic carbocycles. The number of fused-ring (bicyclic) bond motifs is 1. The van der Waals surface area contributed by atoms with E-state index in [2.05, 4.69) is 0 Å². The van der Waals surface area contributed by atoms with Gasteiger partial charge in [-0.05, 0) is 39.1 Å². The summed E-state index contributed by atoms with van der Waals surface area (Å²) in [6.07, 6.45) is 0.776. The van der Waals surface area contributed by atoms with Crippen LogP contribution in [0.25, 0.3) is 10.8 Å². The molecule has 0 unspecified atom stereocenters. The van der Waals surface area contributed by atoms with Crippen molar-refractivity contribution in [2.24, 2.45) is 0 Å². The molecule has 24 heavy (non-hydrogen) atoms. The van der Waals surface area contributed by atoms with Gasteiger partial charge in [-0.25, -0.2) is 0 Å². The minimum atomic E-state index is -0.0954. The van der Waals surface area contributed by atoms with Crippen molar-refractivity contribution >= 4 is 28.7 Å². The van der Waals surface area contributed by atoms with E-state index in [1.54, 1.807) is 6.07 Å². The molecule has 0 N–H and O–H groups in total. The minimum absolute atomic E-state index is 0.0544. The largest absolute Gasteiger partial charge is 0.377 e. The maximum Gasteiger partial charge on any atom is 0.255 e. The van der Waals surface area contributed by atoms with Gasteiger partial charge in [0.15, 0.2) is 6.29 Å². The number of carbonyl (C=O) groups excluding carboxylic acids is 2. The van der Waals surface area contributed by atoms with E-state index < -0.39 is 0 Å². The van der Waals surface area contributed by atoms with Crippen LogP contribution in [0, 0.1) is 0 Å². The summed E-state index contributed by atoms with van der Waals surface area (Å²) in [5, 5.41) is 1.80. The normalized spacial score (nSPS) is 11.2. The lowest BCUT2D eigenvalue weighted by Crippen LogP contribution is -2.42. The summed E-state index contributed by atoms with van der Waals surface area (Å²) in [5.74, 6) is -0.0954. The van der Waals surface area contributed by atoms with Gasteiger partial charge in [0.2, 0.25) is 0 Å². The highest BCUT2D eigenvalue weighted by Crippen LogP contribution is 2.32. The molecule has 2 rings (SSSR count). The second-order valence-corrected chi connectivity index (χ2v) is 6.82. The molecule has 0 aliphatic rings. The molecule has 2 aromatic rings. The monoisotopic (exact) mass is 326 g/mol. The zero-order valence-corrected chi connectivity index (χ0v) is 15.3. The van der Waals surface area contributed by atoms with Crippen molar-refractivity contribution in [3.8, 4) is 0 Å². The molecule has 0 fully saturated rings. The van der Waals surface area contributed by atoms with E-state index in [1.165, 1.54) is 0 Å². The molecule has 0 aromatic heterocycles. The minimum Gasteiger partial charge on any atom is -0.377 e. The Morgan fingerprint density at radius 1 is 1.00 bits per heavy atom. The van der Waals surface area contributed by atoms with Gasteiger partial charge >= 0.3 is 0 Å². The van der Waals surface area contributed by atoms with Gasteiger partial charge < -0.3 is 9.80 Å². The van der Waals surface area contributed by atoms with Gasteiger partial charge in [0, 0.05) is 42.8 Å². The van der Waals surface area contributed by atoms with Crippen molar-refractivity contribution < 1.29 is 9.59 Å². The molecule has 0 bridgehead atoms. The van der Waals surface area contributed by atoms with Crippen molar-refractivity contribution in [2.75, 3.05) is 19.0 Å². The molecular weight excluding hydrogens is 300 g/mol. The van der Waals surface area contributed by atoms with Gasteiger partial charge in [-0.3, -0.25) is 9.59 Å². The lowest BCUT2D eigenvalue weighted by atomic mass is 9.95. The Morgan fingerprint density at radius 2 is 1.62 bits per heavy atom. The van der Waals surface area contributed by atoms with Crippen molar-refractivity contribution in [3.05, 3.63) is 41.5 Å². The van der Waals surface area contributed by atoms with Gasteiger partial charge in [0.05, 0.1) is 5.56 Å². The van der Waals surface area contributed by atoms with E-state index >= 15 is 0 Å². The van der Waals surface area contributed by atoms with Crippen molar-refractivity contribution in [1.82, 2.24) is 4.90 Å². The predicted octanol–water partition coefficient (Wildman–Crippen LogP) is 3.98. The second-order valence-electron chi connectivity index (χ2n) is 6.82. The number of rotatable bonds is 5. The fourth-order valence-electron chi connectivity index (χ4n) is 3.27. The maximum atomic E-state index is 13.3. The molecule has 1 amide bonds.